The molecule has 1 heterocycles. The second kappa shape index (κ2) is 6.75. The molecule has 1 saturated heterocycles. The van der Waals surface area contributed by atoms with Crippen molar-refractivity contribution in [3.8, 4) is 11.1 Å². The second-order valence-corrected chi connectivity index (χ2v) is 5.93. The van der Waals surface area contributed by atoms with Crippen molar-refractivity contribution in [2.75, 3.05) is 6.54 Å². The summed E-state index contributed by atoms with van der Waals surface area (Å²) < 4.78 is 0. The van der Waals surface area contributed by atoms with Gasteiger partial charge in [-0.3, -0.25) is 4.79 Å². The molecule has 2 aromatic carbocycles. The predicted molar refractivity (Wildman–Crippen MR) is 89.5 cm³/mol. The van der Waals surface area contributed by atoms with Crippen LogP contribution in [0.15, 0.2) is 48.5 Å². The lowest BCUT2D eigenvalue weighted by Gasteiger charge is -2.12. The average molecular weight is 294 g/mol. The van der Waals surface area contributed by atoms with E-state index in [9.17, 15) is 4.79 Å². The molecule has 2 aromatic rings. The van der Waals surface area contributed by atoms with Gasteiger partial charge in [0.05, 0.1) is 6.04 Å². The molecular formula is C19H22N2O. The van der Waals surface area contributed by atoms with E-state index in [0.717, 1.165) is 24.9 Å². The van der Waals surface area contributed by atoms with Crippen LogP contribution in [0.5, 0.6) is 0 Å². The van der Waals surface area contributed by atoms with Crippen LogP contribution in [-0.2, 0) is 11.3 Å². The molecule has 3 rings (SSSR count). The SMILES string of the molecule is Cc1ccc(-c2cccc(CNC(=O)C3CCCN3)c2)cc1. The highest BCUT2D eigenvalue weighted by Crippen LogP contribution is 2.21. The molecule has 114 valence electrons. The Morgan fingerprint density at radius 2 is 2.00 bits per heavy atom. The Morgan fingerprint density at radius 1 is 1.18 bits per heavy atom. The second-order valence-electron chi connectivity index (χ2n) is 5.93. The quantitative estimate of drug-likeness (QED) is 0.910. The Balaban J connectivity index is 1.66. The molecular weight excluding hydrogens is 272 g/mol. The molecule has 1 aliphatic heterocycles. The van der Waals surface area contributed by atoms with Crippen molar-refractivity contribution >= 4 is 5.91 Å². The lowest BCUT2D eigenvalue weighted by Crippen LogP contribution is -2.39. The standard InChI is InChI=1S/C19H22N2O/c1-14-7-9-16(10-8-14)17-5-2-4-15(12-17)13-21-19(22)18-6-3-11-20-18/h2,4-5,7-10,12,18,20H,3,6,11,13H2,1H3,(H,21,22). The van der Waals surface area contributed by atoms with Crippen LogP contribution in [0.1, 0.15) is 24.0 Å². The molecule has 0 aromatic heterocycles. The van der Waals surface area contributed by atoms with Gasteiger partial charge in [0.25, 0.3) is 0 Å². The van der Waals surface area contributed by atoms with Crippen LogP contribution in [0.4, 0.5) is 0 Å². The molecule has 0 bridgehead atoms. The molecule has 22 heavy (non-hydrogen) atoms. The fraction of sp³-hybridized carbons (Fsp3) is 0.316. The number of carbonyl (C=O) groups is 1. The fourth-order valence-electron chi connectivity index (χ4n) is 2.83. The molecule has 0 spiro atoms. The van der Waals surface area contributed by atoms with Crippen LogP contribution >= 0.6 is 0 Å². The van der Waals surface area contributed by atoms with E-state index in [1.165, 1.54) is 16.7 Å². The molecule has 0 saturated carbocycles. The number of benzene rings is 2. The van der Waals surface area contributed by atoms with Crippen molar-refractivity contribution in [2.45, 2.75) is 32.4 Å². The smallest absolute Gasteiger partial charge is 0.237 e. The van der Waals surface area contributed by atoms with Crippen molar-refractivity contribution in [1.29, 1.82) is 0 Å². The van der Waals surface area contributed by atoms with Gasteiger partial charge in [-0.1, -0.05) is 48.0 Å². The van der Waals surface area contributed by atoms with E-state index in [-0.39, 0.29) is 11.9 Å². The maximum atomic E-state index is 12.0. The maximum Gasteiger partial charge on any atom is 0.237 e. The first-order chi connectivity index (χ1) is 10.7. The first kappa shape index (κ1) is 14.8. The van der Waals surface area contributed by atoms with Gasteiger partial charge in [-0.05, 0) is 49.1 Å². The van der Waals surface area contributed by atoms with E-state index in [2.05, 4.69) is 60.0 Å². The van der Waals surface area contributed by atoms with Gasteiger partial charge in [-0.2, -0.15) is 0 Å². The van der Waals surface area contributed by atoms with E-state index in [4.69, 9.17) is 0 Å². The first-order valence-electron chi connectivity index (χ1n) is 7.89. The molecule has 1 atom stereocenters. The van der Waals surface area contributed by atoms with Crippen LogP contribution in [0.3, 0.4) is 0 Å². The Bertz CT molecular complexity index is 643. The predicted octanol–water partition coefficient (Wildman–Crippen LogP) is 3.03. The monoisotopic (exact) mass is 294 g/mol. The normalized spacial score (nSPS) is 17.4. The van der Waals surface area contributed by atoms with E-state index < -0.39 is 0 Å². The third-order valence-corrected chi connectivity index (χ3v) is 4.16. The summed E-state index contributed by atoms with van der Waals surface area (Å²) in [6.45, 7) is 3.62. The summed E-state index contributed by atoms with van der Waals surface area (Å²) in [5.41, 5.74) is 4.78. The lowest BCUT2D eigenvalue weighted by atomic mass is 10.0. The Kier molecular flexibility index (Phi) is 4.54. The van der Waals surface area contributed by atoms with Crippen LogP contribution in [0, 0.1) is 6.92 Å². The number of nitrogens with one attached hydrogen (secondary N) is 2. The number of rotatable bonds is 4. The minimum absolute atomic E-state index is 0.0136. The summed E-state index contributed by atoms with van der Waals surface area (Å²) >= 11 is 0. The Morgan fingerprint density at radius 3 is 2.73 bits per heavy atom. The minimum Gasteiger partial charge on any atom is -0.351 e. The maximum absolute atomic E-state index is 12.0. The highest BCUT2D eigenvalue weighted by Gasteiger charge is 2.21. The van der Waals surface area contributed by atoms with Crippen LogP contribution in [0.25, 0.3) is 11.1 Å². The zero-order valence-corrected chi connectivity index (χ0v) is 12.9. The van der Waals surface area contributed by atoms with Crippen molar-refractivity contribution < 1.29 is 4.79 Å². The Labute approximate surface area is 131 Å². The van der Waals surface area contributed by atoms with Crippen LogP contribution in [-0.4, -0.2) is 18.5 Å². The van der Waals surface area contributed by atoms with Gasteiger partial charge in [-0.25, -0.2) is 0 Å². The van der Waals surface area contributed by atoms with E-state index in [1.54, 1.807) is 0 Å². The van der Waals surface area contributed by atoms with Gasteiger partial charge in [0, 0.05) is 6.54 Å². The van der Waals surface area contributed by atoms with Crippen molar-refractivity contribution in [2.24, 2.45) is 0 Å². The summed E-state index contributed by atoms with van der Waals surface area (Å²) in [5.74, 6) is 0.109. The van der Waals surface area contributed by atoms with E-state index >= 15 is 0 Å². The van der Waals surface area contributed by atoms with Crippen molar-refractivity contribution in [3.05, 3.63) is 59.7 Å². The molecule has 0 aliphatic carbocycles. The number of hydrogen-bond acceptors (Lipinski definition) is 2. The Hall–Kier alpha value is -2.13. The minimum atomic E-state index is -0.0136. The molecule has 2 N–H and O–H groups in total. The number of aryl methyl sites for hydroxylation is 1. The summed E-state index contributed by atoms with van der Waals surface area (Å²) in [4.78, 5) is 12.0. The number of carbonyl (C=O) groups excluding carboxylic acids is 1. The molecule has 1 fully saturated rings. The average Bonchev–Trinajstić information content (AvgIpc) is 3.08. The third-order valence-electron chi connectivity index (χ3n) is 4.16. The molecule has 0 radical (unpaired) electrons. The summed E-state index contributed by atoms with van der Waals surface area (Å²) in [6.07, 6.45) is 2.02. The van der Waals surface area contributed by atoms with Gasteiger partial charge < -0.3 is 10.6 Å². The summed E-state index contributed by atoms with van der Waals surface area (Å²) in [5, 5.41) is 6.25. The van der Waals surface area contributed by atoms with Gasteiger partial charge >= 0.3 is 0 Å². The summed E-state index contributed by atoms with van der Waals surface area (Å²) in [7, 11) is 0. The van der Waals surface area contributed by atoms with Crippen LogP contribution in [0.2, 0.25) is 0 Å². The molecule has 3 heteroatoms. The highest BCUT2D eigenvalue weighted by atomic mass is 16.2. The molecule has 3 nitrogen and oxygen atoms in total. The van der Waals surface area contributed by atoms with Crippen molar-refractivity contribution in [3.63, 3.8) is 0 Å². The lowest BCUT2D eigenvalue weighted by molar-refractivity contribution is -0.122. The van der Waals surface area contributed by atoms with E-state index in [0.29, 0.717) is 6.54 Å². The summed E-state index contributed by atoms with van der Waals surface area (Å²) in [6, 6.07) is 16.8. The largest absolute Gasteiger partial charge is 0.351 e. The zero-order chi connectivity index (χ0) is 15.4. The van der Waals surface area contributed by atoms with E-state index in [1.807, 2.05) is 6.07 Å². The highest BCUT2D eigenvalue weighted by molar-refractivity contribution is 5.82. The van der Waals surface area contributed by atoms with Crippen LogP contribution < -0.4 is 10.6 Å². The molecule has 1 amide bonds. The fourth-order valence-corrected chi connectivity index (χ4v) is 2.83. The number of amides is 1. The van der Waals surface area contributed by atoms with Gasteiger partial charge in [0.2, 0.25) is 5.91 Å². The molecule has 1 unspecified atom stereocenters. The zero-order valence-electron chi connectivity index (χ0n) is 12.9. The first-order valence-corrected chi connectivity index (χ1v) is 7.89. The molecule has 1 aliphatic rings. The topological polar surface area (TPSA) is 41.1 Å². The van der Waals surface area contributed by atoms with Gasteiger partial charge in [0.1, 0.15) is 0 Å². The van der Waals surface area contributed by atoms with Gasteiger partial charge in [0.15, 0.2) is 0 Å². The number of hydrogen-bond donors (Lipinski definition) is 2. The van der Waals surface area contributed by atoms with Crippen molar-refractivity contribution in [1.82, 2.24) is 10.6 Å². The van der Waals surface area contributed by atoms with Gasteiger partial charge in [-0.15, -0.1) is 0 Å². The third kappa shape index (κ3) is 3.55.